The van der Waals surface area contributed by atoms with E-state index in [4.69, 9.17) is 4.74 Å². The molecule has 0 aliphatic heterocycles. The summed E-state index contributed by atoms with van der Waals surface area (Å²) in [4.78, 5) is 14.8. The molecule has 31 heavy (non-hydrogen) atoms. The van der Waals surface area contributed by atoms with Gasteiger partial charge in [0.1, 0.15) is 5.75 Å². The average Bonchev–Trinajstić information content (AvgIpc) is 2.83. The number of hydrogen-bond donors (Lipinski definition) is 1. The van der Waals surface area contributed by atoms with Gasteiger partial charge in [0.25, 0.3) is 0 Å². The summed E-state index contributed by atoms with van der Waals surface area (Å²) in [6.07, 6.45) is 2.14. The summed E-state index contributed by atoms with van der Waals surface area (Å²) in [5.74, 6) is 0.802. The zero-order chi connectivity index (χ0) is 22.1. The largest absolute Gasteiger partial charge is 0.497 e. The predicted molar refractivity (Wildman–Crippen MR) is 127 cm³/mol. The summed E-state index contributed by atoms with van der Waals surface area (Å²) >= 11 is 0. The van der Waals surface area contributed by atoms with Gasteiger partial charge in [-0.2, -0.15) is 0 Å². The lowest BCUT2D eigenvalue weighted by atomic mass is 9.97. The molecule has 0 heterocycles. The Morgan fingerprint density at radius 3 is 1.97 bits per heavy atom. The zero-order valence-electron chi connectivity index (χ0n) is 18.4. The van der Waals surface area contributed by atoms with Crippen LogP contribution in [0.2, 0.25) is 0 Å². The van der Waals surface area contributed by atoms with E-state index in [9.17, 15) is 4.79 Å². The lowest BCUT2D eigenvalue weighted by Crippen LogP contribution is -2.41. The van der Waals surface area contributed by atoms with Crippen LogP contribution in [0.25, 0.3) is 5.57 Å². The lowest BCUT2D eigenvalue weighted by Gasteiger charge is -2.29. The maximum absolute atomic E-state index is 12.9. The standard InChI is InChI=1S/C27H30N2O2/c1-4-28-27(30)29(21(2)22-15-17-25(31-3)18-16-22)20-19-26(23-11-7-5-8-12-23)24-13-9-6-10-14-24/h5-19,21H,4,20H2,1-3H3,(H,28,30)/t21-/m1/s1. The summed E-state index contributed by atoms with van der Waals surface area (Å²) in [5, 5.41) is 2.96. The van der Waals surface area contributed by atoms with Crippen LogP contribution in [0, 0.1) is 0 Å². The molecule has 0 fully saturated rings. The predicted octanol–water partition coefficient (Wildman–Crippen LogP) is 5.92. The second kappa shape index (κ2) is 11.0. The third-order valence-electron chi connectivity index (χ3n) is 5.32. The van der Waals surface area contributed by atoms with Crippen molar-refractivity contribution < 1.29 is 9.53 Å². The third kappa shape index (κ3) is 5.76. The van der Waals surface area contributed by atoms with Gasteiger partial charge in [0.15, 0.2) is 0 Å². The van der Waals surface area contributed by atoms with E-state index in [0.717, 1.165) is 28.0 Å². The van der Waals surface area contributed by atoms with E-state index in [0.29, 0.717) is 13.1 Å². The maximum atomic E-state index is 12.9. The second-order valence-corrected chi connectivity index (χ2v) is 7.29. The number of amides is 2. The van der Waals surface area contributed by atoms with E-state index in [1.165, 1.54) is 0 Å². The SMILES string of the molecule is CCNC(=O)N(CC=C(c1ccccc1)c1ccccc1)[C@H](C)c1ccc(OC)cc1. The fraction of sp³-hybridized carbons (Fsp3) is 0.222. The average molecular weight is 415 g/mol. The number of hydrogen-bond acceptors (Lipinski definition) is 2. The number of nitrogens with one attached hydrogen (secondary N) is 1. The zero-order valence-corrected chi connectivity index (χ0v) is 18.4. The van der Waals surface area contributed by atoms with Gasteiger partial charge in [-0.25, -0.2) is 4.79 Å². The van der Waals surface area contributed by atoms with Gasteiger partial charge in [0.05, 0.1) is 13.2 Å². The van der Waals surface area contributed by atoms with E-state index in [-0.39, 0.29) is 12.1 Å². The van der Waals surface area contributed by atoms with Crippen LogP contribution in [0.4, 0.5) is 4.79 Å². The minimum atomic E-state index is -0.0958. The molecule has 0 radical (unpaired) electrons. The molecule has 0 saturated carbocycles. The van der Waals surface area contributed by atoms with Crippen LogP contribution in [-0.2, 0) is 0 Å². The van der Waals surface area contributed by atoms with Crippen molar-refractivity contribution in [3.05, 3.63) is 108 Å². The normalized spacial score (nSPS) is 11.3. The van der Waals surface area contributed by atoms with Crippen LogP contribution in [0.3, 0.4) is 0 Å². The van der Waals surface area contributed by atoms with E-state index < -0.39 is 0 Å². The Labute approximate surface area is 185 Å². The van der Waals surface area contributed by atoms with Gasteiger partial charge in [0.2, 0.25) is 0 Å². The van der Waals surface area contributed by atoms with Crippen LogP contribution >= 0.6 is 0 Å². The van der Waals surface area contributed by atoms with Crippen LogP contribution in [0.5, 0.6) is 5.75 Å². The number of methoxy groups -OCH3 is 1. The highest BCUT2D eigenvalue weighted by atomic mass is 16.5. The second-order valence-electron chi connectivity index (χ2n) is 7.29. The Balaban J connectivity index is 1.94. The molecule has 4 nitrogen and oxygen atoms in total. The first-order chi connectivity index (χ1) is 15.1. The van der Waals surface area contributed by atoms with Gasteiger partial charge < -0.3 is 15.0 Å². The molecule has 0 bridgehead atoms. The molecule has 160 valence electrons. The molecule has 0 aromatic heterocycles. The number of rotatable bonds is 8. The molecule has 0 aliphatic carbocycles. The van der Waals surface area contributed by atoms with Gasteiger partial charge in [-0.1, -0.05) is 78.9 Å². The van der Waals surface area contributed by atoms with Crippen LogP contribution in [0.1, 0.15) is 36.6 Å². The van der Waals surface area contributed by atoms with Crippen molar-refractivity contribution in [2.24, 2.45) is 0 Å². The Morgan fingerprint density at radius 2 is 1.48 bits per heavy atom. The van der Waals surface area contributed by atoms with Crippen LogP contribution in [0.15, 0.2) is 91.0 Å². The Hall–Kier alpha value is -3.53. The number of benzene rings is 3. The fourth-order valence-corrected chi connectivity index (χ4v) is 3.56. The summed E-state index contributed by atoms with van der Waals surface area (Å²) < 4.78 is 5.27. The van der Waals surface area contributed by atoms with Crippen molar-refractivity contribution in [2.45, 2.75) is 19.9 Å². The number of carbonyl (C=O) groups is 1. The number of carbonyl (C=O) groups excluding carboxylic acids is 1. The molecule has 3 aromatic carbocycles. The summed E-state index contributed by atoms with van der Waals surface area (Å²) in [6, 6.07) is 28.3. The highest BCUT2D eigenvalue weighted by Gasteiger charge is 2.20. The summed E-state index contributed by atoms with van der Waals surface area (Å²) in [6.45, 7) is 5.05. The molecule has 0 saturated heterocycles. The van der Waals surface area contributed by atoms with Crippen molar-refractivity contribution in [3.63, 3.8) is 0 Å². The minimum Gasteiger partial charge on any atom is -0.497 e. The van der Waals surface area contributed by atoms with Gasteiger partial charge >= 0.3 is 6.03 Å². The van der Waals surface area contributed by atoms with Crippen molar-refractivity contribution in [3.8, 4) is 5.75 Å². The lowest BCUT2D eigenvalue weighted by molar-refractivity contribution is 0.187. The number of nitrogens with zero attached hydrogens (tertiary/aromatic N) is 1. The first-order valence-electron chi connectivity index (χ1n) is 10.6. The maximum Gasteiger partial charge on any atom is 0.318 e. The molecule has 1 N–H and O–H groups in total. The Bertz CT molecular complexity index is 941. The molecular weight excluding hydrogens is 384 g/mol. The van der Waals surface area contributed by atoms with Gasteiger partial charge in [-0.05, 0) is 48.2 Å². The molecule has 3 rings (SSSR count). The highest BCUT2D eigenvalue weighted by Crippen LogP contribution is 2.26. The molecule has 2 amide bonds. The molecule has 3 aromatic rings. The van der Waals surface area contributed by atoms with E-state index >= 15 is 0 Å². The van der Waals surface area contributed by atoms with E-state index in [1.54, 1.807) is 7.11 Å². The molecule has 0 spiro atoms. The number of urea groups is 1. The minimum absolute atomic E-state index is 0.0810. The smallest absolute Gasteiger partial charge is 0.318 e. The van der Waals surface area contributed by atoms with Gasteiger partial charge in [0, 0.05) is 13.1 Å². The van der Waals surface area contributed by atoms with Crippen molar-refractivity contribution in [1.82, 2.24) is 10.2 Å². The van der Waals surface area contributed by atoms with E-state index in [1.807, 2.05) is 72.5 Å². The van der Waals surface area contributed by atoms with Gasteiger partial charge in [-0.3, -0.25) is 0 Å². The van der Waals surface area contributed by atoms with Crippen LogP contribution < -0.4 is 10.1 Å². The van der Waals surface area contributed by atoms with E-state index in [2.05, 4.69) is 42.6 Å². The monoisotopic (exact) mass is 414 g/mol. The van der Waals surface area contributed by atoms with Gasteiger partial charge in [-0.15, -0.1) is 0 Å². The first kappa shape index (κ1) is 22.2. The quantitative estimate of drug-likeness (QED) is 0.497. The topological polar surface area (TPSA) is 41.6 Å². The van der Waals surface area contributed by atoms with Crippen molar-refractivity contribution >= 4 is 11.6 Å². The summed E-state index contributed by atoms with van der Waals surface area (Å²) in [5.41, 5.74) is 4.42. The first-order valence-corrected chi connectivity index (χ1v) is 10.6. The van der Waals surface area contributed by atoms with Crippen molar-refractivity contribution in [1.29, 1.82) is 0 Å². The van der Waals surface area contributed by atoms with Crippen molar-refractivity contribution in [2.75, 3.05) is 20.2 Å². The Morgan fingerprint density at radius 1 is 0.935 bits per heavy atom. The molecule has 4 heteroatoms. The fourth-order valence-electron chi connectivity index (χ4n) is 3.56. The Kier molecular flexibility index (Phi) is 7.88. The molecule has 1 atom stereocenters. The molecule has 0 aliphatic rings. The molecule has 0 unspecified atom stereocenters. The van der Waals surface area contributed by atoms with Crippen LogP contribution in [-0.4, -0.2) is 31.1 Å². The highest BCUT2D eigenvalue weighted by molar-refractivity contribution is 5.81. The molecular formula is C27H30N2O2. The summed E-state index contributed by atoms with van der Waals surface area (Å²) in [7, 11) is 1.65. The number of ether oxygens (including phenoxy) is 1. The third-order valence-corrected chi connectivity index (χ3v) is 5.32.